The first-order valence-electron chi connectivity index (χ1n) is 5.00. The van der Waals surface area contributed by atoms with Crippen molar-refractivity contribution in [2.45, 2.75) is 39.2 Å². The van der Waals surface area contributed by atoms with Crippen LogP contribution in [0.1, 0.15) is 50.3 Å². The lowest BCUT2D eigenvalue weighted by Gasteiger charge is -2.11. The van der Waals surface area contributed by atoms with Crippen molar-refractivity contribution in [1.82, 2.24) is 0 Å². The fraction of sp³-hybridized carbons (Fsp3) is 0.500. The van der Waals surface area contributed by atoms with Crippen molar-refractivity contribution in [2.24, 2.45) is 5.73 Å². The van der Waals surface area contributed by atoms with E-state index in [-0.39, 0.29) is 6.04 Å². The molecular weight excluding hydrogens is 158 g/mol. The van der Waals surface area contributed by atoms with Gasteiger partial charge in [0.25, 0.3) is 0 Å². The molecule has 0 aliphatic rings. The zero-order valence-corrected chi connectivity index (χ0v) is 8.75. The standard InChI is InChI=1S/C12H19N/c1-4-9(2)11-5-7-12(8-6-11)10(3)13/h5-10H,4,13H2,1-3H3/t9-,10+/m0/s1. The van der Waals surface area contributed by atoms with Gasteiger partial charge in [-0.25, -0.2) is 0 Å². The third-order valence-corrected chi connectivity index (χ3v) is 2.64. The monoisotopic (exact) mass is 177 g/mol. The molecule has 1 nitrogen and oxygen atoms in total. The molecule has 0 saturated carbocycles. The quantitative estimate of drug-likeness (QED) is 0.753. The third-order valence-electron chi connectivity index (χ3n) is 2.64. The fourth-order valence-corrected chi connectivity index (χ4v) is 1.36. The predicted octanol–water partition coefficient (Wildman–Crippen LogP) is 3.22. The average molecular weight is 177 g/mol. The molecule has 0 saturated heterocycles. The van der Waals surface area contributed by atoms with Gasteiger partial charge in [0.1, 0.15) is 0 Å². The molecule has 2 atom stereocenters. The molecule has 0 bridgehead atoms. The maximum Gasteiger partial charge on any atom is 0.0266 e. The van der Waals surface area contributed by atoms with Gasteiger partial charge >= 0.3 is 0 Å². The minimum atomic E-state index is 0.144. The first-order chi connectivity index (χ1) is 6.15. The van der Waals surface area contributed by atoms with Gasteiger partial charge in [-0.05, 0) is 30.4 Å². The van der Waals surface area contributed by atoms with E-state index in [1.54, 1.807) is 0 Å². The number of nitrogens with two attached hydrogens (primary N) is 1. The maximum absolute atomic E-state index is 5.77. The van der Waals surface area contributed by atoms with Gasteiger partial charge in [0.15, 0.2) is 0 Å². The normalized spacial score (nSPS) is 15.4. The Morgan fingerprint density at radius 3 is 1.92 bits per heavy atom. The van der Waals surface area contributed by atoms with E-state index in [1.165, 1.54) is 17.5 Å². The molecule has 72 valence electrons. The smallest absolute Gasteiger partial charge is 0.0266 e. The van der Waals surface area contributed by atoms with Crippen LogP contribution >= 0.6 is 0 Å². The lowest BCUT2D eigenvalue weighted by atomic mass is 9.96. The fourth-order valence-electron chi connectivity index (χ4n) is 1.36. The average Bonchev–Trinajstić information content (AvgIpc) is 2.17. The molecule has 1 heteroatoms. The summed E-state index contributed by atoms with van der Waals surface area (Å²) in [5.74, 6) is 0.655. The molecule has 1 aromatic rings. The molecule has 0 aliphatic heterocycles. The summed E-state index contributed by atoms with van der Waals surface area (Å²) in [6.07, 6.45) is 1.19. The number of benzene rings is 1. The molecule has 0 heterocycles. The van der Waals surface area contributed by atoms with Crippen LogP contribution in [0.25, 0.3) is 0 Å². The van der Waals surface area contributed by atoms with Crippen LogP contribution in [0, 0.1) is 0 Å². The molecule has 0 spiro atoms. The SMILES string of the molecule is CC[C@H](C)c1ccc([C@@H](C)N)cc1. The largest absolute Gasteiger partial charge is 0.324 e. The lowest BCUT2D eigenvalue weighted by molar-refractivity contribution is 0.731. The second kappa shape index (κ2) is 4.43. The molecule has 0 unspecified atom stereocenters. The second-order valence-electron chi connectivity index (χ2n) is 3.76. The highest BCUT2D eigenvalue weighted by molar-refractivity contribution is 5.26. The highest BCUT2D eigenvalue weighted by atomic mass is 14.6. The predicted molar refractivity (Wildman–Crippen MR) is 57.8 cm³/mol. The van der Waals surface area contributed by atoms with Gasteiger partial charge in [-0.3, -0.25) is 0 Å². The van der Waals surface area contributed by atoms with Crippen LogP contribution in [-0.2, 0) is 0 Å². The van der Waals surface area contributed by atoms with Gasteiger partial charge in [-0.2, -0.15) is 0 Å². The molecular formula is C12H19N. The third kappa shape index (κ3) is 2.56. The van der Waals surface area contributed by atoms with Gasteiger partial charge in [0, 0.05) is 6.04 Å². The van der Waals surface area contributed by atoms with Crippen molar-refractivity contribution < 1.29 is 0 Å². The first-order valence-corrected chi connectivity index (χ1v) is 5.00. The highest BCUT2D eigenvalue weighted by Crippen LogP contribution is 2.20. The summed E-state index contributed by atoms with van der Waals surface area (Å²) in [7, 11) is 0. The highest BCUT2D eigenvalue weighted by Gasteiger charge is 2.03. The molecule has 0 aromatic heterocycles. The van der Waals surface area contributed by atoms with Crippen LogP contribution in [0.3, 0.4) is 0 Å². The van der Waals surface area contributed by atoms with Gasteiger partial charge in [-0.1, -0.05) is 38.1 Å². The molecule has 13 heavy (non-hydrogen) atoms. The molecule has 1 rings (SSSR count). The van der Waals surface area contributed by atoms with Gasteiger partial charge < -0.3 is 5.73 Å². The van der Waals surface area contributed by atoms with E-state index in [9.17, 15) is 0 Å². The Labute approximate surface area is 81.0 Å². The Morgan fingerprint density at radius 1 is 1.08 bits per heavy atom. The molecule has 0 aliphatic carbocycles. The molecule has 0 radical (unpaired) electrons. The summed E-state index contributed by atoms with van der Waals surface area (Å²) in [6.45, 7) is 6.48. The Morgan fingerprint density at radius 2 is 1.54 bits per heavy atom. The summed E-state index contributed by atoms with van der Waals surface area (Å²) in [5.41, 5.74) is 8.40. The van der Waals surface area contributed by atoms with Crippen molar-refractivity contribution in [2.75, 3.05) is 0 Å². The van der Waals surface area contributed by atoms with E-state index in [2.05, 4.69) is 38.1 Å². The van der Waals surface area contributed by atoms with Crippen LogP contribution in [0.2, 0.25) is 0 Å². The number of hydrogen-bond donors (Lipinski definition) is 1. The van der Waals surface area contributed by atoms with Crippen molar-refractivity contribution in [3.63, 3.8) is 0 Å². The maximum atomic E-state index is 5.77. The van der Waals surface area contributed by atoms with Crippen LogP contribution in [-0.4, -0.2) is 0 Å². The summed E-state index contributed by atoms with van der Waals surface area (Å²) in [6, 6.07) is 8.78. The summed E-state index contributed by atoms with van der Waals surface area (Å²) in [5, 5.41) is 0. The van der Waals surface area contributed by atoms with Crippen molar-refractivity contribution in [3.8, 4) is 0 Å². The molecule has 1 aromatic carbocycles. The molecule has 0 fully saturated rings. The van der Waals surface area contributed by atoms with Gasteiger partial charge in [0.2, 0.25) is 0 Å². The van der Waals surface area contributed by atoms with E-state index in [4.69, 9.17) is 5.73 Å². The molecule has 2 N–H and O–H groups in total. The number of hydrogen-bond acceptors (Lipinski definition) is 1. The van der Waals surface area contributed by atoms with Crippen LogP contribution in [0.5, 0.6) is 0 Å². The van der Waals surface area contributed by atoms with Crippen molar-refractivity contribution >= 4 is 0 Å². The zero-order chi connectivity index (χ0) is 9.84. The first kappa shape index (κ1) is 10.3. The van der Waals surface area contributed by atoms with Crippen LogP contribution in [0.4, 0.5) is 0 Å². The second-order valence-corrected chi connectivity index (χ2v) is 3.76. The topological polar surface area (TPSA) is 26.0 Å². The zero-order valence-electron chi connectivity index (χ0n) is 8.75. The van der Waals surface area contributed by atoms with E-state index in [0.717, 1.165) is 0 Å². The van der Waals surface area contributed by atoms with Gasteiger partial charge in [0.05, 0.1) is 0 Å². The van der Waals surface area contributed by atoms with Crippen molar-refractivity contribution in [3.05, 3.63) is 35.4 Å². The van der Waals surface area contributed by atoms with Crippen LogP contribution in [0.15, 0.2) is 24.3 Å². The van der Waals surface area contributed by atoms with Crippen LogP contribution < -0.4 is 5.73 Å². The van der Waals surface area contributed by atoms with E-state index < -0.39 is 0 Å². The summed E-state index contributed by atoms with van der Waals surface area (Å²) < 4.78 is 0. The van der Waals surface area contributed by atoms with E-state index >= 15 is 0 Å². The Kier molecular flexibility index (Phi) is 3.49. The molecule has 0 amide bonds. The minimum absolute atomic E-state index is 0.144. The van der Waals surface area contributed by atoms with Gasteiger partial charge in [-0.15, -0.1) is 0 Å². The van der Waals surface area contributed by atoms with E-state index in [1.807, 2.05) is 6.92 Å². The van der Waals surface area contributed by atoms with Crippen molar-refractivity contribution in [1.29, 1.82) is 0 Å². The summed E-state index contributed by atoms with van der Waals surface area (Å²) in [4.78, 5) is 0. The Balaban J connectivity index is 2.81. The summed E-state index contributed by atoms with van der Waals surface area (Å²) >= 11 is 0. The van der Waals surface area contributed by atoms with E-state index in [0.29, 0.717) is 5.92 Å². The number of rotatable bonds is 3. The Bertz CT molecular complexity index is 248. The lowest BCUT2D eigenvalue weighted by Crippen LogP contribution is -2.04. The minimum Gasteiger partial charge on any atom is -0.324 e. The Hall–Kier alpha value is -0.820.